The number of methoxy groups -OCH3 is 2. The molecule has 1 unspecified atom stereocenters. The lowest BCUT2D eigenvalue weighted by atomic mass is 10.4. The van der Waals surface area contributed by atoms with E-state index in [1.807, 2.05) is 0 Å². The molecule has 0 aliphatic rings. The fourth-order valence-corrected chi connectivity index (χ4v) is 3.24. The Morgan fingerprint density at radius 3 is 2.05 bits per heavy atom. The van der Waals surface area contributed by atoms with Gasteiger partial charge in [-0.3, -0.25) is 9.59 Å². The Bertz CT molecular complexity index is 294. The molecule has 0 heterocycles. The maximum atomic E-state index is 11.3. The molecule has 1 atom stereocenters. The zero-order valence-electron chi connectivity index (χ0n) is 14.0. The van der Waals surface area contributed by atoms with E-state index in [1.54, 1.807) is 28.1 Å². The average molecular weight is 336 g/mol. The van der Waals surface area contributed by atoms with Crippen LogP contribution in [0.4, 0.5) is 0 Å². The van der Waals surface area contributed by atoms with Crippen LogP contribution in [0.2, 0.25) is 6.04 Å². The van der Waals surface area contributed by atoms with E-state index >= 15 is 0 Å². The molecule has 0 spiro atoms. The van der Waals surface area contributed by atoms with Gasteiger partial charge < -0.3 is 23.1 Å². The smallest absolute Gasteiger partial charge is 0.448 e. The largest absolute Gasteiger partial charge is 0.487 e. The van der Waals surface area contributed by atoms with E-state index in [1.165, 1.54) is 0 Å². The molecule has 0 fully saturated rings. The molecule has 0 aliphatic heterocycles. The molecule has 0 radical (unpaired) electrons. The van der Waals surface area contributed by atoms with Crippen LogP contribution in [0.15, 0.2) is 0 Å². The monoisotopic (exact) mass is 336 g/mol. The Kier molecular flexibility index (Phi) is 13.1. The predicted octanol–water partition coefficient (Wildman–Crippen LogP) is 1.18. The van der Waals surface area contributed by atoms with Gasteiger partial charge in [0.15, 0.2) is 0 Å². The summed E-state index contributed by atoms with van der Waals surface area (Å²) in [5, 5.41) is 0. The molecule has 0 saturated carbocycles. The minimum atomic E-state index is -2.31. The van der Waals surface area contributed by atoms with Crippen molar-refractivity contribution < 1.29 is 32.7 Å². The van der Waals surface area contributed by atoms with E-state index in [9.17, 15) is 9.59 Å². The molecule has 0 aromatic carbocycles. The van der Waals surface area contributed by atoms with Crippen LogP contribution >= 0.6 is 0 Å². The van der Waals surface area contributed by atoms with Crippen molar-refractivity contribution in [2.24, 2.45) is 0 Å². The van der Waals surface area contributed by atoms with Crippen LogP contribution < -0.4 is 0 Å². The first-order chi connectivity index (χ1) is 10.6. The molecule has 7 nitrogen and oxygen atoms in total. The molecule has 0 N–H and O–H groups in total. The van der Waals surface area contributed by atoms with Gasteiger partial charge in [-0.05, 0) is 6.42 Å². The molecule has 0 aromatic heterocycles. The van der Waals surface area contributed by atoms with Gasteiger partial charge in [-0.25, -0.2) is 0 Å². The molecule has 0 aromatic rings. The molecule has 0 amide bonds. The second-order valence-electron chi connectivity index (χ2n) is 4.65. The first-order valence-corrected chi connectivity index (χ1v) is 9.31. The van der Waals surface area contributed by atoms with Crippen molar-refractivity contribution in [3.63, 3.8) is 0 Å². The number of hydrogen-bond donors (Lipinski definition) is 0. The zero-order chi connectivity index (χ0) is 16.8. The fourth-order valence-electron chi connectivity index (χ4n) is 1.54. The Balaban J connectivity index is 4.00. The SMILES string of the molecule is CCC(=O)O[SiH](CCCOCC(COC)OC)OC(=O)CC. The van der Waals surface area contributed by atoms with Crippen LogP contribution in [0.3, 0.4) is 0 Å². The van der Waals surface area contributed by atoms with Crippen LogP contribution in [-0.4, -0.2) is 61.4 Å². The van der Waals surface area contributed by atoms with Gasteiger partial charge in [0, 0.05) is 39.7 Å². The summed E-state index contributed by atoms with van der Waals surface area (Å²) in [7, 11) is 0.897. The van der Waals surface area contributed by atoms with Crippen molar-refractivity contribution >= 4 is 21.2 Å². The van der Waals surface area contributed by atoms with Crippen molar-refractivity contribution in [1.82, 2.24) is 0 Å². The van der Waals surface area contributed by atoms with Crippen molar-refractivity contribution in [2.75, 3.05) is 34.0 Å². The van der Waals surface area contributed by atoms with Crippen LogP contribution in [0.5, 0.6) is 0 Å². The summed E-state index contributed by atoms with van der Waals surface area (Å²) >= 11 is 0. The highest BCUT2D eigenvalue weighted by molar-refractivity contribution is 6.48. The standard InChI is InChI=1S/C14H28O7Si/c1-5-13(15)20-22(21-14(16)6-2)9-7-8-19-11-12(18-4)10-17-3/h12,22H,5-11H2,1-4H3. The van der Waals surface area contributed by atoms with Crippen molar-refractivity contribution in [3.05, 3.63) is 0 Å². The molecule has 0 aliphatic carbocycles. The van der Waals surface area contributed by atoms with E-state index in [4.69, 9.17) is 23.1 Å². The summed E-state index contributed by atoms with van der Waals surface area (Å²) in [5.41, 5.74) is 0. The Morgan fingerprint density at radius 2 is 1.59 bits per heavy atom. The Morgan fingerprint density at radius 1 is 1.00 bits per heavy atom. The molecule has 0 rings (SSSR count). The van der Waals surface area contributed by atoms with Gasteiger partial charge in [0.1, 0.15) is 6.10 Å². The summed E-state index contributed by atoms with van der Waals surface area (Å²) in [6, 6.07) is 0.541. The lowest BCUT2D eigenvalue weighted by molar-refractivity contribution is -0.140. The van der Waals surface area contributed by atoms with E-state index in [0.29, 0.717) is 32.3 Å². The van der Waals surface area contributed by atoms with Gasteiger partial charge in [-0.15, -0.1) is 0 Å². The minimum Gasteiger partial charge on any atom is -0.487 e. The lowest BCUT2D eigenvalue weighted by Crippen LogP contribution is -2.29. The fraction of sp³-hybridized carbons (Fsp3) is 0.857. The third-order valence-corrected chi connectivity index (χ3v) is 4.75. The van der Waals surface area contributed by atoms with E-state index < -0.39 is 9.28 Å². The summed E-state index contributed by atoms with van der Waals surface area (Å²) in [6.07, 6.45) is 1.11. The highest BCUT2D eigenvalue weighted by Crippen LogP contribution is 2.06. The molecule has 0 saturated heterocycles. The van der Waals surface area contributed by atoms with Crippen LogP contribution in [0.1, 0.15) is 33.1 Å². The zero-order valence-corrected chi connectivity index (χ0v) is 15.1. The summed E-state index contributed by atoms with van der Waals surface area (Å²) in [5.74, 6) is -0.665. The quantitative estimate of drug-likeness (QED) is 0.369. The van der Waals surface area contributed by atoms with Crippen molar-refractivity contribution in [3.8, 4) is 0 Å². The first-order valence-electron chi connectivity index (χ1n) is 7.55. The van der Waals surface area contributed by atoms with Gasteiger partial charge >= 0.3 is 9.28 Å². The van der Waals surface area contributed by atoms with Crippen molar-refractivity contribution in [2.45, 2.75) is 45.3 Å². The van der Waals surface area contributed by atoms with Crippen LogP contribution in [0, 0.1) is 0 Å². The van der Waals surface area contributed by atoms with Gasteiger partial charge in [0.2, 0.25) is 0 Å². The molecule has 0 bridgehead atoms. The lowest BCUT2D eigenvalue weighted by Gasteiger charge is -2.17. The third-order valence-electron chi connectivity index (χ3n) is 2.82. The number of hydrogen-bond acceptors (Lipinski definition) is 7. The third kappa shape index (κ3) is 10.7. The highest BCUT2D eigenvalue weighted by atomic mass is 28.3. The molecular weight excluding hydrogens is 308 g/mol. The molecule has 22 heavy (non-hydrogen) atoms. The maximum absolute atomic E-state index is 11.3. The minimum absolute atomic E-state index is 0.103. The molecule has 8 heteroatoms. The average Bonchev–Trinajstić information content (AvgIpc) is 2.52. The summed E-state index contributed by atoms with van der Waals surface area (Å²) < 4.78 is 26.1. The molecular formula is C14H28O7Si. The Hall–Kier alpha value is -0.963. The van der Waals surface area contributed by atoms with E-state index in [-0.39, 0.29) is 30.9 Å². The van der Waals surface area contributed by atoms with Gasteiger partial charge in [0.05, 0.1) is 13.2 Å². The topological polar surface area (TPSA) is 80.3 Å². The van der Waals surface area contributed by atoms with Crippen LogP contribution in [-0.2, 0) is 32.7 Å². The first kappa shape index (κ1) is 21.0. The second-order valence-corrected chi connectivity index (χ2v) is 6.55. The van der Waals surface area contributed by atoms with Crippen LogP contribution in [0.25, 0.3) is 0 Å². The van der Waals surface area contributed by atoms with Gasteiger partial charge in [-0.2, -0.15) is 0 Å². The van der Waals surface area contributed by atoms with E-state index in [2.05, 4.69) is 0 Å². The summed E-state index contributed by atoms with van der Waals surface area (Å²) in [6.45, 7) is 4.80. The molecule has 130 valence electrons. The number of carbonyl (C=O) groups is 2. The second kappa shape index (κ2) is 13.7. The highest BCUT2D eigenvalue weighted by Gasteiger charge is 2.21. The maximum Gasteiger partial charge on any atom is 0.448 e. The predicted molar refractivity (Wildman–Crippen MR) is 82.8 cm³/mol. The number of ether oxygens (including phenoxy) is 3. The van der Waals surface area contributed by atoms with Gasteiger partial charge in [-0.1, -0.05) is 13.8 Å². The number of carbonyl (C=O) groups excluding carboxylic acids is 2. The number of rotatable bonds is 13. The Labute approximate surface area is 134 Å². The van der Waals surface area contributed by atoms with Gasteiger partial charge in [0.25, 0.3) is 11.9 Å². The normalized spacial score (nSPS) is 12.2. The summed E-state index contributed by atoms with van der Waals surface area (Å²) in [4.78, 5) is 22.7. The van der Waals surface area contributed by atoms with E-state index in [0.717, 1.165) is 0 Å². The van der Waals surface area contributed by atoms with Crippen molar-refractivity contribution in [1.29, 1.82) is 0 Å².